The van der Waals surface area contributed by atoms with Gasteiger partial charge in [0.1, 0.15) is 0 Å². The molecule has 1 fully saturated rings. The van der Waals surface area contributed by atoms with Crippen LogP contribution < -0.4 is 9.62 Å². The maximum absolute atomic E-state index is 13.0. The van der Waals surface area contributed by atoms with Crippen LogP contribution in [0.2, 0.25) is 5.02 Å². The lowest BCUT2D eigenvalue weighted by Gasteiger charge is -2.33. The van der Waals surface area contributed by atoms with E-state index in [-0.39, 0.29) is 11.8 Å². The molecule has 0 unspecified atom stereocenters. The van der Waals surface area contributed by atoms with Crippen LogP contribution in [0, 0.1) is 0 Å². The van der Waals surface area contributed by atoms with Gasteiger partial charge in [0.15, 0.2) is 0 Å². The number of nitrogens with one attached hydrogen (secondary N) is 1. The van der Waals surface area contributed by atoms with Crippen LogP contribution in [0.1, 0.15) is 18.4 Å². The molecule has 0 amide bonds. The Kier molecular flexibility index (Phi) is 6.30. The molecule has 3 rings (SSSR count). The van der Waals surface area contributed by atoms with Gasteiger partial charge in [-0.3, -0.25) is 4.72 Å². The largest absolute Gasteiger partial charge is 0.417 e. The number of piperidine rings is 1. The van der Waals surface area contributed by atoms with E-state index in [1.165, 1.54) is 0 Å². The predicted molar refractivity (Wildman–Crippen MR) is 106 cm³/mol. The summed E-state index contributed by atoms with van der Waals surface area (Å²) < 4.78 is 71.7. The predicted octanol–water partition coefficient (Wildman–Crippen LogP) is 4.77. The van der Waals surface area contributed by atoms with Crippen LogP contribution in [-0.2, 0) is 20.9 Å². The molecule has 1 aliphatic heterocycles. The molecular formula is C19H20ClF3N2O3S. The molecule has 29 heavy (non-hydrogen) atoms. The van der Waals surface area contributed by atoms with Gasteiger partial charge >= 0.3 is 6.18 Å². The lowest BCUT2D eigenvalue weighted by molar-refractivity contribution is -0.137. The number of ether oxygens (including phenoxy) is 1. The standard InChI is InChI=1S/C19H20ClF3N2O3S/c1-28-15-8-10-25(11-9-15)14-4-2-13(3-5-14)24-29(26,27)16-6-7-18(20)17(12-16)19(21,22)23/h2-7,12,15,24H,8-11H2,1H3. The van der Waals surface area contributed by atoms with Crippen molar-refractivity contribution < 1.29 is 26.3 Å². The highest BCUT2D eigenvalue weighted by Crippen LogP contribution is 2.36. The number of rotatable bonds is 5. The van der Waals surface area contributed by atoms with Gasteiger partial charge in [0.05, 0.1) is 21.6 Å². The Labute approximate surface area is 172 Å². The van der Waals surface area contributed by atoms with Crippen molar-refractivity contribution in [3.63, 3.8) is 0 Å². The first-order valence-corrected chi connectivity index (χ1v) is 10.7. The van der Waals surface area contributed by atoms with Crippen LogP contribution in [0.4, 0.5) is 24.5 Å². The SMILES string of the molecule is COC1CCN(c2ccc(NS(=O)(=O)c3ccc(Cl)c(C(F)(F)F)c3)cc2)CC1. The minimum Gasteiger partial charge on any atom is -0.381 e. The molecule has 0 radical (unpaired) electrons. The van der Waals surface area contributed by atoms with Gasteiger partial charge in [-0.2, -0.15) is 13.2 Å². The second-order valence-electron chi connectivity index (χ2n) is 6.71. The van der Waals surface area contributed by atoms with Crippen molar-refractivity contribution >= 4 is 33.0 Å². The number of methoxy groups -OCH3 is 1. The maximum atomic E-state index is 13.0. The molecule has 158 valence electrons. The fourth-order valence-corrected chi connectivity index (χ4v) is 4.50. The minimum atomic E-state index is -4.75. The van der Waals surface area contributed by atoms with Gasteiger partial charge < -0.3 is 9.64 Å². The minimum absolute atomic E-state index is 0.248. The third-order valence-corrected chi connectivity index (χ3v) is 6.52. The number of alkyl halides is 3. The molecule has 0 spiro atoms. The molecule has 2 aromatic carbocycles. The van der Waals surface area contributed by atoms with Crippen LogP contribution in [0.3, 0.4) is 0 Å². The first-order valence-electron chi connectivity index (χ1n) is 8.87. The number of benzene rings is 2. The average Bonchev–Trinajstić information content (AvgIpc) is 2.67. The van der Waals surface area contributed by atoms with Gasteiger partial charge in [-0.15, -0.1) is 0 Å². The topological polar surface area (TPSA) is 58.6 Å². The summed E-state index contributed by atoms with van der Waals surface area (Å²) in [6.07, 6.45) is -2.69. The van der Waals surface area contributed by atoms with Crippen molar-refractivity contribution in [2.75, 3.05) is 29.8 Å². The smallest absolute Gasteiger partial charge is 0.381 e. The number of anilines is 2. The number of halogens is 4. The van der Waals surface area contributed by atoms with Crippen molar-refractivity contribution in [2.24, 2.45) is 0 Å². The van der Waals surface area contributed by atoms with Gasteiger partial charge in [0.25, 0.3) is 10.0 Å². The molecule has 10 heteroatoms. The number of hydrogen-bond acceptors (Lipinski definition) is 4. The zero-order valence-electron chi connectivity index (χ0n) is 15.5. The van der Waals surface area contributed by atoms with Crippen LogP contribution in [0.5, 0.6) is 0 Å². The van der Waals surface area contributed by atoms with Crippen molar-refractivity contribution in [3.05, 3.63) is 53.1 Å². The Balaban J connectivity index is 1.74. The van der Waals surface area contributed by atoms with E-state index in [2.05, 4.69) is 9.62 Å². The molecule has 5 nitrogen and oxygen atoms in total. The van der Waals surface area contributed by atoms with E-state index in [0.29, 0.717) is 6.07 Å². The molecule has 1 saturated heterocycles. The fourth-order valence-electron chi connectivity index (χ4n) is 3.19. The lowest BCUT2D eigenvalue weighted by atomic mass is 10.1. The molecule has 0 saturated carbocycles. The highest BCUT2D eigenvalue weighted by Gasteiger charge is 2.34. The Morgan fingerprint density at radius 3 is 2.28 bits per heavy atom. The van der Waals surface area contributed by atoms with Crippen LogP contribution in [0.25, 0.3) is 0 Å². The van der Waals surface area contributed by atoms with Crippen molar-refractivity contribution in [1.29, 1.82) is 0 Å². The van der Waals surface area contributed by atoms with Gasteiger partial charge in [0.2, 0.25) is 0 Å². The summed E-state index contributed by atoms with van der Waals surface area (Å²) in [5, 5.41) is -0.557. The molecule has 0 bridgehead atoms. The molecule has 2 aromatic rings. The highest BCUT2D eigenvalue weighted by molar-refractivity contribution is 7.92. The summed E-state index contributed by atoms with van der Waals surface area (Å²) in [6, 6.07) is 9.19. The van der Waals surface area contributed by atoms with E-state index >= 15 is 0 Å². The zero-order valence-corrected chi connectivity index (χ0v) is 17.1. The quantitative estimate of drug-likeness (QED) is 0.715. The number of sulfonamides is 1. The van der Waals surface area contributed by atoms with Gasteiger partial charge in [-0.1, -0.05) is 11.6 Å². The van der Waals surface area contributed by atoms with E-state index in [1.54, 1.807) is 31.4 Å². The molecular weight excluding hydrogens is 429 g/mol. The van der Waals surface area contributed by atoms with E-state index in [4.69, 9.17) is 16.3 Å². The summed E-state index contributed by atoms with van der Waals surface area (Å²) in [6.45, 7) is 1.66. The van der Waals surface area contributed by atoms with Crippen molar-refractivity contribution in [2.45, 2.75) is 30.0 Å². The number of nitrogens with zero attached hydrogens (tertiary/aromatic N) is 1. The zero-order chi connectivity index (χ0) is 21.2. The first kappa shape index (κ1) is 21.7. The number of hydrogen-bond donors (Lipinski definition) is 1. The summed E-state index contributed by atoms with van der Waals surface area (Å²) >= 11 is 5.55. The Morgan fingerprint density at radius 1 is 1.10 bits per heavy atom. The summed E-state index contributed by atoms with van der Waals surface area (Å²) in [5.74, 6) is 0. The second-order valence-corrected chi connectivity index (χ2v) is 8.80. The van der Waals surface area contributed by atoms with E-state index in [1.807, 2.05) is 0 Å². The van der Waals surface area contributed by atoms with Gasteiger partial charge in [-0.05, 0) is 55.3 Å². The summed E-state index contributed by atoms with van der Waals surface area (Å²) in [4.78, 5) is 1.66. The van der Waals surface area contributed by atoms with Crippen LogP contribution >= 0.6 is 11.6 Å². The first-order chi connectivity index (χ1) is 13.6. The van der Waals surface area contributed by atoms with E-state index < -0.39 is 31.7 Å². The summed E-state index contributed by atoms with van der Waals surface area (Å²) in [5.41, 5.74) is -0.00533. The van der Waals surface area contributed by atoms with Gasteiger partial charge in [0, 0.05) is 31.6 Å². The summed E-state index contributed by atoms with van der Waals surface area (Å²) in [7, 11) is -2.51. The third kappa shape index (κ3) is 5.15. The van der Waals surface area contributed by atoms with Crippen molar-refractivity contribution in [3.8, 4) is 0 Å². The lowest BCUT2D eigenvalue weighted by Crippen LogP contribution is -2.36. The van der Waals surface area contributed by atoms with E-state index in [0.717, 1.165) is 43.8 Å². The highest BCUT2D eigenvalue weighted by atomic mass is 35.5. The van der Waals surface area contributed by atoms with Crippen molar-refractivity contribution in [1.82, 2.24) is 0 Å². The fraction of sp³-hybridized carbons (Fsp3) is 0.368. The molecule has 1 aliphatic rings. The second kappa shape index (κ2) is 8.41. The monoisotopic (exact) mass is 448 g/mol. The molecule has 1 heterocycles. The Hall–Kier alpha value is -1.97. The van der Waals surface area contributed by atoms with E-state index in [9.17, 15) is 21.6 Å². The molecule has 0 aliphatic carbocycles. The van der Waals surface area contributed by atoms with Crippen LogP contribution in [0.15, 0.2) is 47.4 Å². The van der Waals surface area contributed by atoms with Crippen LogP contribution in [-0.4, -0.2) is 34.7 Å². The average molecular weight is 449 g/mol. The Morgan fingerprint density at radius 2 is 1.72 bits per heavy atom. The maximum Gasteiger partial charge on any atom is 0.417 e. The normalized spacial score (nSPS) is 16.1. The molecule has 1 N–H and O–H groups in total. The third-order valence-electron chi connectivity index (χ3n) is 4.81. The van der Waals surface area contributed by atoms with Gasteiger partial charge in [-0.25, -0.2) is 8.42 Å². The molecule has 0 aromatic heterocycles. The molecule has 0 atom stereocenters. The Bertz CT molecular complexity index is 958.